The van der Waals surface area contributed by atoms with E-state index in [2.05, 4.69) is 36.4 Å². The van der Waals surface area contributed by atoms with Crippen LogP contribution in [0.15, 0.2) is 109 Å². The Morgan fingerprint density at radius 1 is 0.581 bits per heavy atom. The summed E-state index contributed by atoms with van der Waals surface area (Å²) in [5, 5.41) is 0. The molecule has 31 heavy (non-hydrogen) atoms. The van der Waals surface area contributed by atoms with E-state index in [4.69, 9.17) is 0 Å². The van der Waals surface area contributed by atoms with Crippen molar-refractivity contribution < 1.29 is 9.59 Å². The number of anilines is 1. The van der Waals surface area contributed by atoms with Crippen LogP contribution in [0.3, 0.4) is 0 Å². The van der Waals surface area contributed by atoms with Gasteiger partial charge in [0.2, 0.25) is 11.8 Å². The maximum absolute atomic E-state index is 13.5. The molecule has 0 unspecified atom stereocenters. The molecule has 2 fully saturated rings. The summed E-state index contributed by atoms with van der Waals surface area (Å²) in [4.78, 5) is 28.4. The van der Waals surface area contributed by atoms with Crippen LogP contribution < -0.4 is 4.90 Å². The first-order chi connectivity index (χ1) is 15.3. The summed E-state index contributed by atoms with van der Waals surface area (Å²) in [5.41, 5.74) is 5.29. The zero-order chi connectivity index (χ0) is 20.9. The number of carbonyl (C=O) groups excluding carboxylic acids is 2. The van der Waals surface area contributed by atoms with E-state index >= 15 is 0 Å². The van der Waals surface area contributed by atoms with Crippen molar-refractivity contribution in [1.29, 1.82) is 0 Å². The molecule has 6 rings (SSSR count). The smallest absolute Gasteiger partial charge is 0.238 e. The Morgan fingerprint density at radius 3 is 1.45 bits per heavy atom. The molecule has 0 aromatic heterocycles. The van der Waals surface area contributed by atoms with Crippen LogP contribution in [0.25, 0.3) is 5.57 Å². The molecular weight excluding hydrogens is 382 g/mol. The van der Waals surface area contributed by atoms with Crippen LogP contribution in [0.2, 0.25) is 0 Å². The first-order valence-electron chi connectivity index (χ1n) is 10.7. The second-order valence-corrected chi connectivity index (χ2v) is 8.40. The highest BCUT2D eigenvalue weighted by molar-refractivity contribution is 6.23. The van der Waals surface area contributed by atoms with Crippen LogP contribution >= 0.6 is 0 Å². The number of rotatable bonds is 3. The lowest BCUT2D eigenvalue weighted by molar-refractivity contribution is -0.122. The van der Waals surface area contributed by atoms with Gasteiger partial charge < -0.3 is 0 Å². The van der Waals surface area contributed by atoms with E-state index in [-0.39, 0.29) is 35.5 Å². The zero-order valence-corrected chi connectivity index (χ0v) is 16.9. The minimum absolute atomic E-state index is 0.0458. The summed E-state index contributed by atoms with van der Waals surface area (Å²) in [6.45, 7) is 0. The van der Waals surface area contributed by atoms with Crippen molar-refractivity contribution in [3.05, 3.63) is 120 Å². The molecule has 3 aromatic rings. The fourth-order valence-corrected chi connectivity index (χ4v) is 5.64. The zero-order valence-electron chi connectivity index (χ0n) is 16.9. The standard InChI is InChI=1S/C28H21NO2/c30-27-25-21-16-17-22(26(25)28(31)29(27)20-14-8-3-9-15-20)24(21)23(18-10-4-1-5-11-18)19-12-6-2-7-13-19/h1-17,21-22,25-26H/t21-,22-,25+,26+/m0/s1. The molecule has 1 saturated heterocycles. The summed E-state index contributed by atoms with van der Waals surface area (Å²) in [6.07, 6.45) is 4.29. The molecule has 2 amide bonds. The number of allylic oxidation sites excluding steroid dienone is 3. The molecule has 3 aromatic carbocycles. The van der Waals surface area contributed by atoms with Gasteiger partial charge in [0.1, 0.15) is 0 Å². The van der Waals surface area contributed by atoms with Crippen LogP contribution in [0.5, 0.6) is 0 Å². The average Bonchev–Trinajstić information content (AvgIpc) is 3.45. The third-order valence-electron chi connectivity index (χ3n) is 6.84. The molecular formula is C28H21NO2. The largest absolute Gasteiger partial charge is 0.274 e. The van der Waals surface area contributed by atoms with Crippen molar-refractivity contribution in [2.45, 2.75) is 0 Å². The first-order valence-corrected chi connectivity index (χ1v) is 10.7. The number of para-hydroxylation sites is 1. The van der Waals surface area contributed by atoms with Crippen molar-refractivity contribution in [2.24, 2.45) is 23.7 Å². The molecule has 0 N–H and O–H groups in total. The van der Waals surface area contributed by atoms with E-state index in [0.29, 0.717) is 5.69 Å². The SMILES string of the molecule is O=C1[C@H]2[C@H](C(=O)N1c1ccccc1)[C@H]1C=C[C@H]2C1=C(c1ccccc1)c1ccccc1. The van der Waals surface area contributed by atoms with E-state index in [9.17, 15) is 9.59 Å². The Kier molecular flexibility index (Phi) is 4.03. The van der Waals surface area contributed by atoms with Gasteiger partial charge in [-0.15, -0.1) is 0 Å². The monoisotopic (exact) mass is 403 g/mol. The molecule has 1 saturated carbocycles. The topological polar surface area (TPSA) is 37.4 Å². The van der Waals surface area contributed by atoms with Gasteiger partial charge in [-0.2, -0.15) is 0 Å². The van der Waals surface area contributed by atoms with Crippen molar-refractivity contribution >= 4 is 23.1 Å². The lowest BCUT2D eigenvalue weighted by atomic mass is 9.85. The Labute approximate surface area is 181 Å². The van der Waals surface area contributed by atoms with E-state index in [1.165, 1.54) is 10.5 Å². The molecule has 1 aliphatic heterocycles. The summed E-state index contributed by atoms with van der Waals surface area (Å²) in [6, 6.07) is 29.9. The fourth-order valence-electron chi connectivity index (χ4n) is 5.64. The normalized spacial score (nSPS) is 25.9. The highest BCUT2D eigenvalue weighted by Crippen LogP contribution is 2.58. The van der Waals surface area contributed by atoms with Crippen LogP contribution in [0, 0.1) is 23.7 Å². The number of amides is 2. The molecule has 3 heteroatoms. The van der Waals surface area contributed by atoms with Gasteiger partial charge in [0.25, 0.3) is 0 Å². The van der Waals surface area contributed by atoms with Gasteiger partial charge >= 0.3 is 0 Å². The Balaban J connectivity index is 1.50. The lowest BCUT2D eigenvalue weighted by Gasteiger charge is -2.21. The second kappa shape index (κ2) is 6.92. The van der Waals surface area contributed by atoms with E-state index in [1.807, 2.05) is 66.7 Å². The molecule has 2 aliphatic carbocycles. The maximum atomic E-state index is 13.5. The minimum Gasteiger partial charge on any atom is -0.274 e. The third kappa shape index (κ3) is 2.59. The van der Waals surface area contributed by atoms with Crippen molar-refractivity contribution in [3.8, 4) is 0 Å². The number of imide groups is 1. The number of benzene rings is 3. The van der Waals surface area contributed by atoms with Gasteiger partial charge in [-0.1, -0.05) is 91.0 Å². The highest BCUT2D eigenvalue weighted by Gasteiger charge is 2.62. The molecule has 2 bridgehead atoms. The van der Waals surface area contributed by atoms with E-state index in [1.54, 1.807) is 0 Å². The minimum atomic E-state index is -0.319. The average molecular weight is 403 g/mol. The maximum Gasteiger partial charge on any atom is 0.238 e. The van der Waals surface area contributed by atoms with Gasteiger partial charge in [-0.05, 0) is 34.4 Å². The van der Waals surface area contributed by atoms with Crippen molar-refractivity contribution in [3.63, 3.8) is 0 Å². The van der Waals surface area contributed by atoms with E-state index in [0.717, 1.165) is 16.7 Å². The molecule has 4 atom stereocenters. The van der Waals surface area contributed by atoms with Gasteiger partial charge in [0.05, 0.1) is 17.5 Å². The Morgan fingerprint density at radius 2 is 1.00 bits per heavy atom. The van der Waals surface area contributed by atoms with Gasteiger partial charge in [-0.25, -0.2) is 4.90 Å². The Bertz CT molecular complexity index is 1150. The molecule has 1 heterocycles. The lowest BCUT2D eigenvalue weighted by Crippen LogP contribution is -2.33. The number of hydrogen-bond acceptors (Lipinski definition) is 2. The third-order valence-corrected chi connectivity index (χ3v) is 6.84. The van der Waals surface area contributed by atoms with Crippen molar-refractivity contribution in [1.82, 2.24) is 0 Å². The van der Waals surface area contributed by atoms with Gasteiger partial charge in [0.15, 0.2) is 0 Å². The summed E-state index contributed by atoms with van der Waals surface area (Å²) in [7, 11) is 0. The van der Waals surface area contributed by atoms with Crippen molar-refractivity contribution in [2.75, 3.05) is 4.90 Å². The summed E-state index contributed by atoms with van der Waals surface area (Å²) < 4.78 is 0. The highest BCUT2D eigenvalue weighted by atomic mass is 16.2. The molecule has 150 valence electrons. The molecule has 0 spiro atoms. The molecule has 3 nitrogen and oxygen atoms in total. The second-order valence-electron chi connectivity index (χ2n) is 8.40. The number of carbonyl (C=O) groups is 2. The predicted octanol–water partition coefficient (Wildman–Crippen LogP) is 5.11. The quantitative estimate of drug-likeness (QED) is 0.450. The summed E-state index contributed by atoms with van der Waals surface area (Å²) >= 11 is 0. The van der Waals surface area contributed by atoms with Gasteiger partial charge in [0, 0.05) is 11.8 Å². The molecule has 3 aliphatic rings. The first kappa shape index (κ1) is 18.1. The Hall–Kier alpha value is -3.72. The predicted molar refractivity (Wildman–Crippen MR) is 121 cm³/mol. The van der Waals surface area contributed by atoms with Gasteiger partial charge in [-0.3, -0.25) is 9.59 Å². The number of hydrogen-bond donors (Lipinski definition) is 0. The molecule has 0 radical (unpaired) electrons. The van der Waals surface area contributed by atoms with Crippen LogP contribution in [0.4, 0.5) is 5.69 Å². The summed E-state index contributed by atoms with van der Waals surface area (Å²) in [5.74, 6) is -0.876. The van der Waals surface area contributed by atoms with Crippen LogP contribution in [0.1, 0.15) is 11.1 Å². The van der Waals surface area contributed by atoms with Crippen LogP contribution in [-0.4, -0.2) is 11.8 Å². The fraction of sp³-hybridized carbons (Fsp3) is 0.143. The van der Waals surface area contributed by atoms with E-state index < -0.39 is 0 Å². The number of nitrogens with zero attached hydrogens (tertiary/aromatic N) is 1. The number of fused-ring (bicyclic) bond motifs is 5. The van der Waals surface area contributed by atoms with Crippen LogP contribution in [-0.2, 0) is 9.59 Å².